The Labute approximate surface area is 165 Å². The molecule has 2 amide bonds. The summed E-state index contributed by atoms with van der Waals surface area (Å²) in [5.74, 6) is -0.619. The van der Waals surface area contributed by atoms with Crippen LogP contribution in [0.3, 0.4) is 0 Å². The van der Waals surface area contributed by atoms with E-state index in [-0.39, 0.29) is 17.3 Å². The molecule has 0 fully saturated rings. The van der Waals surface area contributed by atoms with Crippen molar-refractivity contribution in [1.29, 1.82) is 0 Å². The zero-order chi connectivity index (χ0) is 20.5. The van der Waals surface area contributed by atoms with Crippen molar-refractivity contribution in [2.45, 2.75) is 6.92 Å². The molecule has 146 valence electrons. The summed E-state index contributed by atoms with van der Waals surface area (Å²) < 4.78 is 5.49. The van der Waals surface area contributed by atoms with Crippen molar-refractivity contribution in [3.63, 3.8) is 0 Å². The molecule has 0 aliphatic heterocycles. The standard InChI is InChI=1S/C20H18N6O3/c1-11-6-5-9-14(29-2)17(11)26(19(28)16-15(18(21)27)22-10-23-16)20-24-12-7-3-4-8-13(12)25-20/h3-10H,1-2H3,(H2,21,27)(H,22,23)(H,24,25). The number of fused-ring (bicyclic) bond motifs is 1. The van der Waals surface area contributed by atoms with Gasteiger partial charge in [0.1, 0.15) is 11.4 Å². The van der Waals surface area contributed by atoms with Gasteiger partial charge < -0.3 is 20.4 Å². The quantitative estimate of drug-likeness (QED) is 0.482. The second-order valence-electron chi connectivity index (χ2n) is 6.33. The zero-order valence-corrected chi connectivity index (χ0v) is 15.8. The molecule has 0 bridgehead atoms. The minimum absolute atomic E-state index is 0.0386. The number of carbonyl (C=O) groups is 2. The van der Waals surface area contributed by atoms with Gasteiger partial charge in [0, 0.05) is 0 Å². The Morgan fingerprint density at radius 3 is 2.66 bits per heavy atom. The first kappa shape index (κ1) is 18.2. The lowest BCUT2D eigenvalue weighted by Gasteiger charge is -2.23. The first-order chi connectivity index (χ1) is 14.0. The van der Waals surface area contributed by atoms with Crippen LogP contribution in [0, 0.1) is 6.92 Å². The van der Waals surface area contributed by atoms with E-state index >= 15 is 0 Å². The van der Waals surface area contributed by atoms with Gasteiger partial charge in [-0.15, -0.1) is 0 Å². The van der Waals surface area contributed by atoms with E-state index < -0.39 is 11.8 Å². The van der Waals surface area contributed by atoms with E-state index in [1.165, 1.54) is 18.3 Å². The number of nitrogens with zero attached hydrogens (tertiary/aromatic N) is 3. The zero-order valence-electron chi connectivity index (χ0n) is 15.8. The van der Waals surface area contributed by atoms with E-state index in [4.69, 9.17) is 10.5 Å². The van der Waals surface area contributed by atoms with Crippen LogP contribution in [0.15, 0.2) is 48.8 Å². The van der Waals surface area contributed by atoms with Gasteiger partial charge in [0.05, 0.1) is 30.2 Å². The fourth-order valence-corrected chi connectivity index (χ4v) is 3.19. The molecule has 2 heterocycles. The fourth-order valence-electron chi connectivity index (χ4n) is 3.19. The molecule has 29 heavy (non-hydrogen) atoms. The summed E-state index contributed by atoms with van der Waals surface area (Å²) in [6.07, 6.45) is 1.25. The maximum Gasteiger partial charge on any atom is 0.284 e. The molecule has 0 radical (unpaired) electrons. The number of aromatic nitrogens is 4. The number of nitrogens with one attached hydrogen (secondary N) is 2. The lowest BCUT2D eigenvalue weighted by Crippen LogP contribution is -2.30. The van der Waals surface area contributed by atoms with Crippen LogP contribution in [-0.2, 0) is 0 Å². The number of aromatic amines is 2. The molecule has 0 aliphatic rings. The van der Waals surface area contributed by atoms with E-state index in [0.29, 0.717) is 17.0 Å². The minimum Gasteiger partial charge on any atom is -0.495 e. The summed E-state index contributed by atoms with van der Waals surface area (Å²) in [7, 11) is 1.52. The SMILES string of the molecule is COc1cccc(C)c1N(C(=O)c1[nH]cnc1C(N)=O)c1nc2ccccc2[nH]1. The second-order valence-corrected chi connectivity index (χ2v) is 6.33. The number of nitrogens with two attached hydrogens (primary N) is 1. The number of H-pyrrole nitrogens is 2. The Bertz CT molecular complexity index is 1190. The van der Waals surface area contributed by atoms with Gasteiger partial charge in [0.15, 0.2) is 5.69 Å². The van der Waals surface area contributed by atoms with Crippen molar-refractivity contribution in [3.8, 4) is 5.75 Å². The average molecular weight is 390 g/mol. The van der Waals surface area contributed by atoms with Crippen LogP contribution in [0.4, 0.5) is 11.6 Å². The first-order valence-corrected chi connectivity index (χ1v) is 8.77. The van der Waals surface area contributed by atoms with Crippen LogP contribution in [0.5, 0.6) is 5.75 Å². The van der Waals surface area contributed by atoms with E-state index in [1.54, 1.807) is 6.07 Å². The van der Waals surface area contributed by atoms with Crippen molar-refractivity contribution >= 4 is 34.5 Å². The lowest BCUT2D eigenvalue weighted by atomic mass is 10.1. The smallest absolute Gasteiger partial charge is 0.284 e. The van der Waals surface area contributed by atoms with Gasteiger partial charge in [0.25, 0.3) is 11.8 Å². The number of anilines is 2. The summed E-state index contributed by atoms with van der Waals surface area (Å²) in [6, 6.07) is 12.8. The molecule has 0 unspecified atom stereocenters. The maximum absolute atomic E-state index is 13.6. The van der Waals surface area contributed by atoms with Crippen molar-refractivity contribution < 1.29 is 14.3 Å². The number of para-hydroxylation sites is 3. The van der Waals surface area contributed by atoms with E-state index in [2.05, 4.69) is 19.9 Å². The monoisotopic (exact) mass is 390 g/mol. The van der Waals surface area contributed by atoms with Gasteiger partial charge in [-0.1, -0.05) is 24.3 Å². The number of amides is 2. The van der Waals surface area contributed by atoms with Gasteiger partial charge in [-0.2, -0.15) is 0 Å². The Kier molecular flexibility index (Phi) is 4.47. The highest BCUT2D eigenvalue weighted by molar-refractivity contribution is 6.14. The molecular weight excluding hydrogens is 372 g/mol. The number of benzene rings is 2. The number of aryl methyl sites for hydroxylation is 1. The fraction of sp³-hybridized carbons (Fsp3) is 0.100. The third-order valence-corrected chi connectivity index (χ3v) is 4.52. The predicted octanol–water partition coefficient (Wildman–Crippen LogP) is 2.68. The summed E-state index contributed by atoms with van der Waals surface area (Å²) in [5, 5.41) is 0. The van der Waals surface area contributed by atoms with Gasteiger partial charge in [-0.05, 0) is 30.7 Å². The van der Waals surface area contributed by atoms with Gasteiger partial charge in [-0.3, -0.25) is 9.59 Å². The van der Waals surface area contributed by atoms with Crippen LogP contribution in [0.2, 0.25) is 0 Å². The highest BCUT2D eigenvalue weighted by Gasteiger charge is 2.31. The van der Waals surface area contributed by atoms with E-state index in [1.807, 2.05) is 43.3 Å². The van der Waals surface area contributed by atoms with Crippen LogP contribution >= 0.6 is 0 Å². The molecule has 0 saturated carbocycles. The normalized spacial score (nSPS) is 10.8. The number of carbonyl (C=O) groups excluding carboxylic acids is 2. The summed E-state index contributed by atoms with van der Waals surface area (Å²) in [5.41, 5.74) is 7.90. The minimum atomic E-state index is -0.809. The Balaban J connectivity index is 1.96. The number of hydrogen-bond acceptors (Lipinski definition) is 5. The number of ether oxygens (including phenoxy) is 1. The molecule has 4 rings (SSSR count). The van der Waals surface area contributed by atoms with Crippen LogP contribution < -0.4 is 15.4 Å². The maximum atomic E-state index is 13.6. The molecular formula is C20H18N6O3. The van der Waals surface area contributed by atoms with Crippen molar-refractivity contribution in [2.75, 3.05) is 12.0 Å². The lowest BCUT2D eigenvalue weighted by molar-refractivity contribution is 0.0961. The number of primary amides is 1. The molecule has 0 saturated heterocycles. The van der Waals surface area contributed by atoms with Gasteiger partial charge in [0.2, 0.25) is 5.95 Å². The predicted molar refractivity (Wildman–Crippen MR) is 107 cm³/mol. The Morgan fingerprint density at radius 1 is 1.14 bits per heavy atom. The first-order valence-electron chi connectivity index (χ1n) is 8.77. The Morgan fingerprint density at radius 2 is 1.93 bits per heavy atom. The molecule has 9 heteroatoms. The number of hydrogen-bond donors (Lipinski definition) is 3. The number of rotatable bonds is 5. The highest BCUT2D eigenvalue weighted by atomic mass is 16.5. The molecule has 2 aromatic carbocycles. The van der Waals surface area contributed by atoms with E-state index in [0.717, 1.165) is 11.1 Å². The molecule has 0 atom stereocenters. The van der Waals surface area contributed by atoms with E-state index in [9.17, 15) is 9.59 Å². The largest absolute Gasteiger partial charge is 0.495 e. The molecule has 4 aromatic rings. The van der Waals surface area contributed by atoms with Gasteiger partial charge in [-0.25, -0.2) is 14.9 Å². The van der Waals surface area contributed by atoms with Crippen LogP contribution in [0.25, 0.3) is 11.0 Å². The van der Waals surface area contributed by atoms with Crippen LogP contribution in [-0.4, -0.2) is 38.9 Å². The number of imidazole rings is 2. The molecule has 4 N–H and O–H groups in total. The number of methoxy groups -OCH3 is 1. The summed E-state index contributed by atoms with van der Waals surface area (Å²) in [4.78, 5) is 40.9. The second kappa shape index (κ2) is 7.12. The molecule has 9 nitrogen and oxygen atoms in total. The van der Waals surface area contributed by atoms with Crippen LogP contribution in [0.1, 0.15) is 26.5 Å². The molecule has 2 aromatic heterocycles. The third-order valence-electron chi connectivity index (χ3n) is 4.52. The molecule has 0 aliphatic carbocycles. The topological polar surface area (TPSA) is 130 Å². The van der Waals surface area contributed by atoms with Crippen molar-refractivity contribution in [3.05, 3.63) is 65.7 Å². The third kappa shape index (κ3) is 3.08. The highest BCUT2D eigenvalue weighted by Crippen LogP contribution is 2.37. The van der Waals surface area contributed by atoms with Crippen molar-refractivity contribution in [1.82, 2.24) is 19.9 Å². The Hall–Kier alpha value is -4.14. The summed E-state index contributed by atoms with van der Waals surface area (Å²) in [6.45, 7) is 1.85. The van der Waals surface area contributed by atoms with Gasteiger partial charge >= 0.3 is 0 Å². The average Bonchev–Trinajstić information content (AvgIpc) is 3.36. The van der Waals surface area contributed by atoms with Crippen molar-refractivity contribution in [2.24, 2.45) is 5.73 Å². The summed E-state index contributed by atoms with van der Waals surface area (Å²) >= 11 is 0. The molecule has 0 spiro atoms.